The summed E-state index contributed by atoms with van der Waals surface area (Å²) < 4.78 is 0. The maximum Gasteiger partial charge on any atom is 0.276 e. The Morgan fingerprint density at radius 3 is 3.18 bits per heavy atom. The van der Waals surface area contributed by atoms with Gasteiger partial charge in [0.25, 0.3) is 5.91 Å². The van der Waals surface area contributed by atoms with Crippen LogP contribution in [0.5, 0.6) is 0 Å². The number of carbonyl (C=O) groups excluding carboxylic acids is 1. The first kappa shape index (κ1) is 7.68. The molecular formula is C7H7N2O2. The van der Waals surface area contributed by atoms with Crippen LogP contribution in [0.25, 0.3) is 0 Å². The molecule has 1 aromatic heterocycles. The summed E-state index contributed by atoms with van der Waals surface area (Å²) in [5.41, 5.74) is 2.59. The van der Waals surface area contributed by atoms with Gasteiger partial charge in [-0.25, -0.2) is 5.48 Å². The first-order valence-electron chi connectivity index (χ1n) is 2.99. The van der Waals surface area contributed by atoms with Crippen LogP contribution < -0.4 is 5.48 Å². The van der Waals surface area contributed by atoms with Gasteiger partial charge in [-0.3, -0.25) is 14.6 Å². The molecule has 4 heteroatoms. The molecule has 0 saturated heterocycles. The second kappa shape index (κ2) is 3.68. The fourth-order valence-electron chi connectivity index (χ4n) is 0.601. The fraction of sp³-hybridized carbons (Fsp3) is 0.143. The lowest BCUT2D eigenvalue weighted by atomic mass is 10.3. The van der Waals surface area contributed by atoms with Gasteiger partial charge in [-0.1, -0.05) is 0 Å². The second-order valence-electron chi connectivity index (χ2n) is 1.81. The van der Waals surface area contributed by atoms with Crippen molar-refractivity contribution in [3.05, 3.63) is 30.1 Å². The maximum absolute atomic E-state index is 10.9. The zero-order valence-corrected chi connectivity index (χ0v) is 6.00. The first-order chi connectivity index (χ1) is 5.34. The summed E-state index contributed by atoms with van der Waals surface area (Å²) in [5, 5.41) is 0. The van der Waals surface area contributed by atoms with Crippen molar-refractivity contribution < 1.29 is 9.63 Å². The second-order valence-corrected chi connectivity index (χ2v) is 1.81. The van der Waals surface area contributed by atoms with Gasteiger partial charge in [-0.05, 0) is 6.07 Å². The Morgan fingerprint density at radius 1 is 1.82 bits per heavy atom. The van der Waals surface area contributed by atoms with E-state index in [0.29, 0.717) is 5.56 Å². The summed E-state index contributed by atoms with van der Waals surface area (Å²) in [6, 6.07) is 4.20. The van der Waals surface area contributed by atoms with Crippen molar-refractivity contribution >= 4 is 5.91 Å². The van der Waals surface area contributed by atoms with Gasteiger partial charge in [0.2, 0.25) is 0 Å². The highest BCUT2D eigenvalue weighted by Gasteiger charge is 2.01. The molecule has 4 nitrogen and oxygen atoms in total. The summed E-state index contributed by atoms with van der Waals surface area (Å²) in [7, 11) is 1.37. The number of pyridine rings is 1. The van der Waals surface area contributed by atoms with E-state index in [4.69, 9.17) is 0 Å². The lowest BCUT2D eigenvalue weighted by Gasteiger charge is -1.98. The van der Waals surface area contributed by atoms with Crippen molar-refractivity contribution in [3.63, 3.8) is 0 Å². The largest absolute Gasteiger partial charge is 0.277 e. The third-order valence-corrected chi connectivity index (χ3v) is 1.06. The monoisotopic (exact) mass is 151 g/mol. The van der Waals surface area contributed by atoms with Crippen molar-refractivity contribution in [2.45, 2.75) is 0 Å². The molecule has 0 unspecified atom stereocenters. The molecule has 1 amide bonds. The van der Waals surface area contributed by atoms with Crippen LogP contribution in [0.2, 0.25) is 0 Å². The quantitative estimate of drug-likeness (QED) is 0.613. The molecule has 1 radical (unpaired) electrons. The molecule has 1 heterocycles. The molecule has 0 spiro atoms. The Kier molecular flexibility index (Phi) is 2.57. The van der Waals surface area contributed by atoms with Gasteiger partial charge in [-0.15, -0.1) is 0 Å². The van der Waals surface area contributed by atoms with E-state index < -0.39 is 0 Å². The molecule has 1 N–H and O–H groups in total. The van der Waals surface area contributed by atoms with E-state index in [0.717, 1.165) is 0 Å². The minimum atomic E-state index is -0.322. The van der Waals surface area contributed by atoms with Crippen molar-refractivity contribution in [1.29, 1.82) is 0 Å². The Morgan fingerprint density at radius 2 is 2.64 bits per heavy atom. The number of nitrogens with one attached hydrogen (secondary N) is 1. The number of hydroxylamine groups is 1. The summed E-state index contributed by atoms with van der Waals surface area (Å²) in [5.74, 6) is -0.322. The van der Waals surface area contributed by atoms with E-state index in [1.807, 2.05) is 0 Å². The standard InChI is InChI=1S/C7H7N2O2/c1-11-9-7(10)6-3-2-4-8-5-6/h3-5H,1H3,(H,9,10). The summed E-state index contributed by atoms with van der Waals surface area (Å²) in [6.45, 7) is 0. The van der Waals surface area contributed by atoms with Crippen LogP contribution in [0.1, 0.15) is 10.4 Å². The van der Waals surface area contributed by atoms with Gasteiger partial charge < -0.3 is 0 Å². The minimum absolute atomic E-state index is 0.322. The van der Waals surface area contributed by atoms with Crippen molar-refractivity contribution in [3.8, 4) is 0 Å². The SMILES string of the molecule is CONC(=O)c1c[c]cnc1. The average molecular weight is 151 g/mol. The molecule has 11 heavy (non-hydrogen) atoms. The summed E-state index contributed by atoms with van der Waals surface area (Å²) in [4.78, 5) is 19.1. The lowest BCUT2D eigenvalue weighted by molar-refractivity contribution is 0.0537. The van der Waals surface area contributed by atoms with E-state index in [2.05, 4.69) is 21.4 Å². The van der Waals surface area contributed by atoms with E-state index >= 15 is 0 Å². The van der Waals surface area contributed by atoms with Crippen molar-refractivity contribution in [2.75, 3.05) is 7.11 Å². The molecule has 0 aliphatic carbocycles. The highest BCUT2D eigenvalue weighted by molar-refractivity contribution is 5.92. The van der Waals surface area contributed by atoms with Crippen LogP contribution in [0.3, 0.4) is 0 Å². The fourth-order valence-corrected chi connectivity index (χ4v) is 0.601. The number of nitrogens with zero attached hydrogens (tertiary/aromatic N) is 1. The Balaban J connectivity index is 2.69. The Labute approximate surface area is 64.2 Å². The normalized spacial score (nSPS) is 9.18. The van der Waals surface area contributed by atoms with Crippen LogP contribution in [0, 0.1) is 6.07 Å². The van der Waals surface area contributed by atoms with E-state index in [-0.39, 0.29) is 5.91 Å². The Hall–Kier alpha value is -1.42. The molecule has 0 atom stereocenters. The zero-order valence-electron chi connectivity index (χ0n) is 6.00. The van der Waals surface area contributed by atoms with E-state index in [9.17, 15) is 4.79 Å². The molecule has 0 aliphatic heterocycles. The molecular weight excluding hydrogens is 144 g/mol. The predicted octanol–water partition coefficient (Wildman–Crippen LogP) is 0.173. The first-order valence-corrected chi connectivity index (χ1v) is 2.99. The van der Waals surface area contributed by atoms with Crippen LogP contribution in [-0.4, -0.2) is 18.0 Å². The van der Waals surface area contributed by atoms with Crippen LogP contribution in [0.4, 0.5) is 0 Å². The van der Waals surface area contributed by atoms with E-state index in [1.165, 1.54) is 25.6 Å². The third-order valence-electron chi connectivity index (χ3n) is 1.06. The van der Waals surface area contributed by atoms with Gasteiger partial charge in [0, 0.05) is 18.5 Å². The number of rotatable bonds is 2. The topological polar surface area (TPSA) is 51.2 Å². The van der Waals surface area contributed by atoms with Gasteiger partial charge >= 0.3 is 0 Å². The van der Waals surface area contributed by atoms with Gasteiger partial charge in [0.15, 0.2) is 0 Å². The number of hydrogen-bond acceptors (Lipinski definition) is 3. The molecule has 0 bridgehead atoms. The zero-order chi connectivity index (χ0) is 8.10. The predicted molar refractivity (Wildman–Crippen MR) is 37.5 cm³/mol. The smallest absolute Gasteiger partial charge is 0.276 e. The van der Waals surface area contributed by atoms with Gasteiger partial charge in [-0.2, -0.15) is 0 Å². The molecule has 0 saturated carbocycles. The molecule has 57 valence electrons. The van der Waals surface area contributed by atoms with Crippen molar-refractivity contribution in [1.82, 2.24) is 10.5 Å². The molecule has 0 fully saturated rings. The Bertz CT molecular complexity index is 235. The van der Waals surface area contributed by atoms with E-state index in [1.54, 1.807) is 0 Å². The number of carbonyl (C=O) groups is 1. The van der Waals surface area contributed by atoms with Crippen molar-refractivity contribution in [2.24, 2.45) is 0 Å². The van der Waals surface area contributed by atoms with Gasteiger partial charge in [0.1, 0.15) is 0 Å². The molecule has 0 aromatic carbocycles. The number of amides is 1. The summed E-state index contributed by atoms with van der Waals surface area (Å²) in [6.07, 6.45) is 2.91. The van der Waals surface area contributed by atoms with Crippen LogP contribution in [-0.2, 0) is 4.84 Å². The maximum atomic E-state index is 10.9. The van der Waals surface area contributed by atoms with Crippen LogP contribution in [0.15, 0.2) is 18.5 Å². The van der Waals surface area contributed by atoms with Gasteiger partial charge in [0.05, 0.1) is 12.7 Å². The average Bonchev–Trinajstić information content (AvgIpc) is 2.07. The number of hydrogen-bond donors (Lipinski definition) is 1. The highest BCUT2D eigenvalue weighted by atomic mass is 16.6. The molecule has 1 rings (SSSR count). The van der Waals surface area contributed by atoms with Crippen LogP contribution >= 0.6 is 0 Å². The summed E-state index contributed by atoms with van der Waals surface area (Å²) >= 11 is 0. The lowest BCUT2D eigenvalue weighted by Crippen LogP contribution is -2.21. The molecule has 1 aromatic rings. The molecule has 0 aliphatic rings. The minimum Gasteiger partial charge on any atom is -0.277 e. The third kappa shape index (κ3) is 2.01. The highest BCUT2D eigenvalue weighted by Crippen LogP contribution is 1.93. The number of aromatic nitrogens is 1.